The second kappa shape index (κ2) is 10.9. The third-order valence-corrected chi connectivity index (χ3v) is 6.10. The molecule has 0 amide bonds. The quantitative estimate of drug-likeness (QED) is 0.259. The molecular weight excluding hydrogens is 773 g/mol. The number of hydrogen-bond donors (Lipinski definition) is 2. The highest BCUT2D eigenvalue weighted by Crippen LogP contribution is 2.64. The third-order valence-electron chi connectivity index (χ3n) is 6.10. The van der Waals surface area contributed by atoms with Crippen LogP contribution in [0.15, 0.2) is 18.2 Å². The van der Waals surface area contributed by atoms with Gasteiger partial charge in [0, 0.05) is 16.7 Å². The number of halogens is 27. The lowest BCUT2D eigenvalue weighted by molar-refractivity contribution is -0.453. The summed E-state index contributed by atoms with van der Waals surface area (Å²) in [6, 6.07) is -6.41. The van der Waals surface area contributed by atoms with Crippen molar-refractivity contribution in [2.24, 2.45) is 0 Å². The largest absolute Gasteiger partial charge is 0.460 e. The summed E-state index contributed by atoms with van der Waals surface area (Å²) in [6.45, 7) is 0. The van der Waals surface area contributed by atoms with E-state index in [2.05, 4.69) is 0 Å². The number of hydrogen-bond acceptors (Lipinski definition) is 2. The van der Waals surface area contributed by atoms with Gasteiger partial charge in [-0.15, -0.1) is 0 Å². The highest BCUT2D eigenvalue weighted by Gasteiger charge is 2.93. The minimum atomic E-state index is -9.19. The highest BCUT2D eigenvalue weighted by molar-refractivity contribution is 5.43. The lowest BCUT2D eigenvalue weighted by atomic mass is 9.81. The first-order valence-electron chi connectivity index (χ1n) is 10.5. The van der Waals surface area contributed by atoms with Crippen LogP contribution in [0, 0.1) is 0 Å². The first-order valence-corrected chi connectivity index (χ1v) is 10.5. The number of alkyl halides is 27. The van der Waals surface area contributed by atoms with E-state index >= 15 is 0 Å². The van der Waals surface area contributed by atoms with Gasteiger partial charge in [0.1, 0.15) is 0 Å². The molecular formula is C19H5F27O2. The van der Waals surface area contributed by atoms with Crippen molar-refractivity contribution in [2.45, 2.75) is 77.6 Å². The van der Waals surface area contributed by atoms with Gasteiger partial charge in [-0.3, -0.25) is 0 Å². The molecule has 1 aromatic carbocycles. The average molecular weight is 778 g/mol. The second-order valence-corrected chi connectivity index (χ2v) is 9.16. The molecule has 0 unspecified atom stereocenters. The summed E-state index contributed by atoms with van der Waals surface area (Å²) in [6.07, 6.45) is -38.7. The zero-order valence-electron chi connectivity index (χ0n) is 20.8. The van der Waals surface area contributed by atoms with Crippen LogP contribution in [0.4, 0.5) is 119 Å². The minimum absolute atomic E-state index is 2.00. The minimum Gasteiger partial charge on any atom is -0.369 e. The Labute approximate surface area is 242 Å². The molecule has 0 aliphatic carbocycles. The van der Waals surface area contributed by atoms with Crippen LogP contribution in [-0.4, -0.2) is 70.7 Å². The van der Waals surface area contributed by atoms with Crippen LogP contribution in [0.3, 0.4) is 0 Å². The molecule has 0 atom stereocenters. The topological polar surface area (TPSA) is 40.5 Å². The van der Waals surface area contributed by atoms with Gasteiger partial charge < -0.3 is 10.2 Å². The van der Waals surface area contributed by atoms with Crippen molar-refractivity contribution in [1.29, 1.82) is 0 Å². The predicted molar refractivity (Wildman–Crippen MR) is 93.1 cm³/mol. The van der Waals surface area contributed by atoms with Gasteiger partial charge in [-0.25, -0.2) is 0 Å². The maximum atomic E-state index is 14.7. The molecule has 0 fully saturated rings. The Morgan fingerprint density at radius 1 is 0.271 bits per heavy atom. The molecule has 0 aliphatic heterocycles. The first kappa shape index (κ1) is 43.3. The van der Waals surface area contributed by atoms with Gasteiger partial charge in [0.15, 0.2) is 0 Å². The molecule has 2 nitrogen and oxygen atoms in total. The zero-order chi connectivity index (χ0) is 39.4. The molecule has 282 valence electrons. The van der Waals surface area contributed by atoms with Gasteiger partial charge >= 0.3 is 66.4 Å². The van der Waals surface area contributed by atoms with Crippen molar-refractivity contribution in [3.05, 3.63) is 34.9 Å². The van der Waals surface area contributed by atoms with Crippen LogP contribution in [0.1, 0.15) is 16.7 Å². The lowest BCUT2D eigenvalue weighted by Gasteiger charge is -2.42. The standard InChI is InChI=1S/C19H5F27O2/c20-9(21,10(22,23)11(24,25)12(26,27)13(28,29)14(30,31)19(44,45)46)6-2-4(7(47,15(32,33)34)16(35,36)37)1-5(3-6)8(48,17(38,39)40)18(41,42)43/h1-3,47-48H. The van der Waals surface area contributed by atoms with Crippen LogP contribution >= 0.6 is 0 Å². The molecule has 0 spiro atoms. The molecule has 0 aliphatic rings. The molecule has 0 heterocycles. The normalized spacial score (nSPS) is 16.4. The van der Waals surface area contributed by atoms with Crippen molar-refractivity contribution in [3.8, 4) is 0 Å². The van der Waals surface area contributed by atoms with E-state index < -0.39 is 113 Å². The van der Waals surface area contributed by atoms with Crippen molar-refractivity contribution in [3.63, 3.8) is 0 Å². The fourth-order valence-corrected chi connectivity index (χ4v) is 3.35. The smallest absolute Gasteiger partial charge is 0.369 e. The second-order valence-electron chi connectivity index (χ2n) is 9.16. The Kier molecular flexibility index (Phi) is 9.80. The molecule has 29 heteroatoms. The predicted octanol–water partition coefficient (Wildman–Crippen LogP) is 9.14. The van der Waals surface area contributed by atoms with E-state index in [4.69, 9.17) is 0 Å². The van der Waals surface area contributed by atoms with Crippen molar-refractivity contribution in [1.82, 2.24) is 0 Å². The Balaban J connectivity index is 4.52. The molecule has 1 rings (SSSR count). The average Bonchev–Trinajstić information content (AvgIpc) is 2.83. The lowest BCUT2D eigenvalue weighted by Crippen LogP contribution is -2.72. The van der Waals surface area contributed by atoms with E-state index in [-0.39, 0.29) is 0 Å². The maximum absolute atomic E-state index is 14.7. The van der Waals surface area contributed by atoms with Crippen LogP contribution in [-0.2, 0) is 17.1 Å². The molecule has 0 aromatic heterocycles. The molecule has 2 N–H and O–H groups in total. The summed E-state index contributed by atoms with van der Waals surface area (Å²) in [4.78, 5) is 0. The van der Waals surface area contributed by atoms with Crippen LogP contribution in [0.25, 0.3) is 0 Å². The zero-order valence-corrected chi connectivity index (χ0v) is 20.8. The van der Waals surface area contributed by atoms with E-state index in [1.165, 1.54) is 0 Å². The Morgan fingerprint density at radius 2 is 0.479 bits per heavy atom. The summed E-state index contributed by atoms with van der Waals surface area (Å²) >= 11 is 0. The number of benzene rings is 1. The van der Waals surface area contributed by atoms with Gasteiger partial charge in [-0.1, -0.05) is 0 Å². The molecule has 48 heavy (non-hydrogen) atoms. The number of rotatable bonds is 8. The number of aliphatic hydroxyl groups is 2. The SMILES string of the molecule is OC(c1cc(C(F)(F)C(F)(F)C(F)(F)C(F)(F)C(F)(F)C(F)(F)C(F)(F)F)cc(C(O)(C(F)(F)F)C(F)(F)F)c1)(C(F)(F)F)C(F)(F)F. The van der Waals surface area contributed by atoms with Crippen LogP contribution < -0.4 is 0 Å². The summed E-state index contributed by atoms with van der Waals surface area (Å²) in [5, 5.41) is 18.4. The Hall–Kier alpha value is -2.75. The van der Waals surface area contributed by atoms with Crippen molar-refractivity contribution < 1.29 is 129 Å². The van der Waals surface area contributed by atoms with Gasteiger partial charge in [0.25, 0.3) is 11.2 Å². The van der Waals surface area contributed by atoms with E-state index in [1.54, 1.807) is 0 Å². The van der Waals surface area contributed by atoms with E-state index in [1.807, 2.05) is 0 Å². The summed E-state index contributed by atoms with van der Waals surface area (Å²) < 4.78 is 362. The fraction of sp³-hybridized carbons (Fsp3) is 0.684. The Bertz CT molecular complexity index is 1250. The Morgan fingerprint density at radius 3 is 0.708 bits per heavy atom. The van der Waals surface area contributed by atoms with Crippen LogP contribution in [0.5, 0.6) is 0 Å². The summed E-state index contributed by atoms with van der Waals surface area (Å²) in [5.74, 6) is -53.1. The molecule has 0 bridgehead atoms. The van der Waals surface area contributed by atoms with Gasteiger partial charge in [-0.05, 0) is 18.2 Å². The monoisotopic (exact) mass is 778 g/mol. The summed E-state index contributed by atoms with van der Waals surface area (Å²) in [5.41, 5.74) is -26.8. The van der Waals surface area contributed by atoms with E-state index in [9.17, 15) is 129 Å². The van der Waals surface area contributed by atoms with Crippen molar-refractivity contribution >= 4 is 0 Å². The fourth-order valence-electron chi connectivity index (χ4n) is 3.35. The van der Waals surface area contributed by atoms with Gasteiger partial charge in [0.05, 0.1) is 0 Å². The van der Waals surface area contributed by atoms with Crippen LogP contribution in [0.2, 0.25) is 0 Å². The maximum Gasteiger partial charge on any atom is 0.460 e. The molecule has 0 radical (unpaired) electrons. The molecule has 0 saturated carbocycles. The van der Waals surface area contributed by atoms with Crippen molar-refractivity contribution in [2.75, 3.05) is 0 Å². The third kappa shape index (κ3) is 5.62. The van der Waals surface area contributed by atoms with E-state index in [0.717, 1.165) is 0 Å². The highest BCUT2D eigenvalue weighted by atomic mass is 19.4. The van der Waals surface area contributed by atoms with E-state index in [0.29, 0.717) is 0 Å². The summed E-state index contributed by atoms with van der Waals surface area (Å²) in [7, 11) is 0. The molecule has 1 aromatic rings. The van der Waals surface area contributed by atoms with Gasteiger partial charge in [-0.2, -0.15) is 119 Å². The van der Waals surface area contributed by atoms with Gasteiger partial charge in [0.2, 0.25) is 0 Å². The first-order chi connectivity index (χ1) is 20.3. The molecule has 0 saturated heterocycles.